The zero-order valence-electron chi connectivity index (χ0n) is 21.0. The van der Waals surface area contributed by atoms with Crippen molar-refractivity contribution in [2.45, 2.75) is 85.2 Å². The molecule has 0 saturated carbocycles. The Hall–Kier alpha value is -2.31. The van der Waals surface area contributed by atoms with Crippen LogP contribution in [-0.4, -0.2) is 29.4 Å². The summed E-state index contributed by atoms with van der Waals surface area (Å²) in [6.07, 6.45) is 6.17. The first-order valence-corrected chi connectivity index (χ1v) is 12.0. The fourth-order valence-corrected chi connectivity index (χ4v) is 4.25. The Balaban J connectivity index is 1.54. The molecule has 33 heavy (non-hydrogen) atoms. The van der Waals surface area contributed by atoms with Gasteiger partial charge in [0.15, 0.2) is 0 Å². The highest BCUT2D eigenvalue weighted by Gasteiger charge is 2.51. The minimum Gasteiger partial charge on any atom is -0.474 e. The molecule has 2 aromatic rings. The van der Waals surface area contributed by atoms with E-state index in [-0.39, 0.29) is 24.4 Å². The summed E-state index contributed by atoms with van der Waals surface area (Å²) in [7, 11) is -0.384. The average molecular weight is 449 g/mol. The molecule has 0 bridgehead atoms. The lowest BCUT2D eigenvalue weighted by Gasteiger charge is -2.32. The van der Waals surface area contributed by atoms with E-state index in [4.69, 9.17) is 18.8 Å². The number of rotatable bonds is 7. The topological polar surface area (TPSA) is 49.8 Å². The Morgan fingerprint density at radius 1 is 1.06 bits per heavy atom. The highest BCUT2D eigenvalue weighted by Crippen LogP contribution is 2.39. The third-order valence-corrected chi connectivity index (χ3v) is 6.80. The number of hydrogen-bond donors (Lipinski definition) is 0. The lowest BCUT2D eigenvalue weighted by Crippen LogP contribution is -2.41. The zero-order valence-corrected chi connectivity index (χ0v) is 21.0. The lowest BCUT2D eigenvalue weighted by atomic mass is 9.77. The van der Waals surface area contributed by atoms with Crippen LogP contribution < -0.4 is 14.9 Å². The van der Waals surface area contributed by atoms with Crippen LogP contribution in [0.15, 0.2) is 42.5 Å². The molecular weight excluding hydrogens is 413 g/mol. The molecule has 1 saturated heterocycles. The second-order valence-corrected chi connectivity index (χ2v) is 10.5. The van der Waals surface area contributed by atoms with Gasteiger partial charge in [-0.25, -0.2) is 0 Å². The monoisotopic (exact) mass is 449 g/mol. The van der Waals surface area contributed by atoms with E-state index < -0.39 is 0 Å². The van der Waals surface area contributed by atoms with E-state index in [9.17, 15) is 0 Å². The number of aromatic nitrogens is 1. The Morgan fingerprint density at radius 3 is 2.42 bits per heavy atom. The van der Waals surface area contributed by atoms with Gasteiger partial charge in [0.1, 0.15) is 12.7 Å². The van der Waals surface area contributed by atoms with E-state index in [1.165, 1.54) is 0 Å². The molecule has 6 heteroatoms. The highest BCUT2D eigenvalue weighted by atomic mass is 16.7. The molecule has 2 aliphatic heterocycles. The first-order chi connectivity index (χ1) is 15.6. The molecule has 0 N–H and O–H groups in total. The molecular formula is C27H36BNO4. The first kappa shape index (κ1) is 23.8. The average Bonchev–Trinajstić information content (AvgIpc) is 2.98. The summed E-state index contributed by atoms with van der Waals surface area (Å²) in [5.74, 6) is 1.79. The summed E-state index contributed by atoms with van der Waals surface area (Å²) in [5.41, 5.74) is 3.50. The predicted molar refractivity (Wildman–Crippen MR) is 133 cm³/mol. The van der Waals surface area contributed by atoms with Gasteiger partial charge >= 0.3 is 7.12 Å². The lowest BCUT2D eigenvalue weighted by molar-refractivity contribution is 0.00578. The zero-order chi connectivity index (χ0) is 23.8. The number of ether oxygens (including phenoxy) is 2. The summed E-state index contributed by atoms with van der Waals surface area (Å²) < 4.78 is 24.7. The van der Waals surface area contributed by atoms with Gasteiger partial charge < -0.3 is 18.8 Å². The molecule has 1 fully saturated rings. The van der Waals surface area contributed by atoms with E-state index in [0.29, 0.717) is 24.3 Å². The van der Waals surface area contributed by atoms with Gasteiger partial charge in [-0.2, -0.15) is 4.98 Å². The molecule has 0 spiro atoms. The van der Waals surface area contributed by atoms with Crippen LogP contribution in [0.4, 0.5) is 0 Å². The van der Waals surface area contributed by atoms with Crippen LogP contribution in [0.2, 0.25) is 0 Å². The van der Waals surface area contributed by atoms with Crippen molar-refractivity contribution in [3.8, 4) is 22.9 Å². The normalized spacial score (nSPS) is 19.3. The highest BCUT2D eigenvalue weighted by molar-refractivity contribution is 6.62. The fraction of sp³-hybridized carbons (Fsp3) is 0.519. The number of nitrogens with zero attached hydrogens (tertiary/aromatic N) is 1. The number of allylic oxidation sites excluding steroid dienone is 1. The summed E-state index contributed by atoms with van der Waals surface area (Å²) in [5, 5.41) is 0. The second kappa shape index (κ2) is 9.15. The molecule has 5 nitrogen and oxygen atoms in total. The molecule has 4 rings (SSSR count). The van der Waals surface area contributed by atoms with Gasteiger partial charge in [-0.15, -0.1) is 0 Å². The molecule has 176 valence electrons. The van der Waals surface area contributed by atoms with Gasteiger partial charge in [0.25, 0.3) is 0 Å². The molecule has 0 radical (unpaired) electrons. The maximum atomic E-state index is 6.23. The van der Waals surface area contributed by atoms with Crippen molar-refractivity contribution in [2.24, 2.45) is 5.92 Å². The van der Waals surface area contributed by atoms with Gasteiger partial charge in [0.05, 0.1) is 11.2 Å². The maximum Gasteiger partial charge on any atom is 0.494 e. The standard InChI is InChI=1S/C27H36BNO4/c1-8-9-10-21(15-18(2)3)31-24-14-13-23-22-12-11-20(16-19(22)17-30-25(23)29-24)28-32-26(4,5)27(6,7)33-28/h8-9,11-14,16,18,21H,10,15,17H2,1-7H3/b9-8-. The quantitative estimate of drug-likeness (QED) is 0.401. The van der Waals surface area contributed by atoms with Crippen molar-refractivity contribution < 1.29 is 18.8 Å². The largest absolute Gasteiger partial charge is 0.494 e. The van der Waals surface area contributed by atoms with Crippen LogP contribution in [0.3, 0.4) is 0 Å². The Labute approximate surface area is 198 Å². The molecule has 1 aromatic carbocycles. The summed E-state index contributed by atoms with van der Waals surface area (Å²) in [4.78, 5) is 4.69. The van der Waals surface area contributed by atoms with Crippen molar-refractivity contribution in [3.63, 3.8) is 0 Å². The van der Waals surface area contributed by atoms with E-state index in [1.54, 1.807) is 0 Å². The van der Waals surface area contributed by atoms with Gasteiger partial charge in [-0.1, -0.05) is 44.2 Å². The van der Waals surface area contributed by atoms with Crippen LogP contribution in [0.25, 0.3) is 11.1 Å². The minimum atomic E-state index is -0.384. The Kier molecular flexibility index (Phi) is 6.61. The number of pyridine rings is 1. The maximum absolute atomic E-state index is 6.23. The molecule has 1 aromatic heterocycles. The molecule has 0 amide bonds. The summed E-state index contributed by atoms with van der Waals surface area (Å²) in [6, 6.07) is 10.3. The van der Waals surface area contributed by atoms with Crippen molar-refractivity contribution in [1.29, 1.82) is 0 Å². The summed E-state index contributed by atoms with van der Waals surface area (Å²) in [6.45, 7) is 15.2. The SMILES string of the molecule is C/C=C\CC(CC(C)C)Oc1ccc2c(n1)OCc1cc(B3OC(C)(C)C(C)(C)O3)ccc1-2. The number of benzene rings is 1. The van der Waals surface area contributed by atoms with Crippen LogP contribution in [0.5, 0.6) is 11.8 Å². The minimum absolute atomic E-state index is 0.102. The van der Waals surface area contributed by atoms with Crippen LogP contribution in [-0.2, 0) is 15.9 Å². The van der Waals surface area contributed by atoms with Crippen LogP contribution >= 0.6 is 0 Å². The first-order valence-electron chi connectivity index (χ1n) is 12.0. The van der Waals surface area contributed by atoms with Crippen molar-refractivity contribution in [2.75, 3.05) is 0 Å². The molecule has 2 aliphatic rings. The number of hydrogen-bond acceptors (Lipinski definition) is 5. The van der Waals surface area contributed by atoms with E-state index in [2.05, 4.69) is 76.9 Å². The van der Waals surface area contributed by atoms with Gasteiger partial charge in [0, 0.05) is 18.1 Å². The van der Waals surface area contributed by atoms with Crippen molar-refractivity contribution >= 4 is 12.6 Å². The molecule has 1 unspecified atom stereocenters. The van der Waals surface area contributed by atoms with E-state index >= 15 is 0 Å². The third-order valence-electron chi connectivity index (χ3n) is 6.80. The Bertz CT molecular complexity index is 1010. The second-order valence-electron chi connectivity index (χ2n) is 10.5. The van der Waals surface area contributed by atoms with Gasteiger partial charge in [-0.3, -0.25) is 0 Å². The van der Waals surface area contributed by atoms with E-state index in [0.717, 1.165) is 35.0 Å². The number of fused-ring (bicyclic) bond motifs is 3. The molecule has 0 aliphatic carbocycles. The summed E-state index contributed by atoms with van der Waals surface area (Å²) >= 11 is 0. The van der Waals surface area contributed by atoms with E-state index in [1.807, 2.05) is 19.1 Å². The van der Waals surface area contributed by atoms with Crippen LogP contribution in [0.1, 0.15) is 66.9 Å². The molecule has 3 heterocycles. The Morgan fingerprint density at radius 2 is 1.76 bits per heavy atom. The van der Waals surface area contributed by atoms with Crippen LogP contribution in [0, 0.1) is 5.92 Å². The molecule has 1 atom stereocenters. The van der Waals surface area contributed by atoms with Gasteiger partial charge in [0.2, 0.25) is 11.8 Å². The van der Waals surface area contributed by atoms with Gasteiger partial charge in [-0.05, 0) is 69.6 Å². The van der Waals surface area contributed by atoms with Crippen molar-refractivity contribution in [3.05, 3.63) is 48.0 Å². The van der Waals surface area contributed by atoms with Crippen molar-refractivity contribution in [1.82, 2.24) is 4.98 Å². The predicted octanol–water partition coefficient (Wildman–Crippen LogP) is 5.70. The fourth-order valence-electron chi connectivity index (χ4n) is 4.25. The third kappa shape index (κ3) is 4.97. The smallest absolute Gasteiger partial charge is 0.474 e.